The molecule has 35 heavy (non-hydrogen) atoms. The number of ether oxygens (including phenoxy) is 1. The summed E-state index contributed by atoms with van der Waals surface area (Å²) in [4.78, 5) is 43.6. The van der Waals surface area contributed by atoms with Crippen LogP contribution in [0.25, 0.3) is 0 Å². The molecule has 1 unspecified atom stereocenters. The standard InChI is InChI=1S/C26H31N5O4/c1-17-12-20(16-28-22(17)30-25(34)35-26(2,3)4)29-23(32)24(33)31-11-10-19(15-27)14-21(31)13-18-8-6-5-7-9-18/h5-9,12,16,19,21H,10-11,13-14H2,1-4H3,(H,29,32)(H,28,30,34)/t19-,21?/m0/s1. The van der Waals surface area contributed by atoms with Crippen molar-refractivity contribution in [1.82, 2.24) is 9.88 Å². The van der Waals surface area contributed by atoms with Crippen LogP contribution in [0.3, 0.4) is 0 Å². The highest BCUT2D eigenvalue weighted by atomic mass is 16.6. The Balaban J connectivity index is 1.67. The van der Waals surface area contributed by atoms with Crippen molar-refractivity contribution < 1.29 is 19.1 Å². The van der Waals surface area contributed by atoms with Crippen LogP contribution in [0.1, 0.15) is 44.7 Å². The van der Waals surface area contributed by atoms with Crippen LogP contribution >= 0.6 is 0 Å². The highest BCUT2D eigenvalue weighted by Crippen LogP contribution is 2.26. The maximum Gasteiger partial charge on any atom is 0.413 e. The lowest BCUT2D eigenvalue weighted by Gasteiger charge is -2.37. The smallest absolute Gasteiger partial charge is 0.413 e. The molecule has 1 aliphatic rings. The molecule has 3 amide bonds. The summed E-state index contributed by atoms with van der Waals surface area (Å²) in [7, 11) is 0. The minimum absolute atomic E-state index is 0.146. The number of anilines is 2. The second-order valence-corrected chi connectivity index (χ2v) is 9.66. The van der Waals surface area contributed by atoms with Gasteiger partial charge in [-0.05, 0) is 64.2 Å². The number of aryl methyl sites for hydroxylation is 1. The van der Waals surface area contributed by atoms with Crippen LogP contribution in [-0.4, -0.2) is 46.0 Å². The Hall–Kier alpha value is -3.93. The molecule has 0 bridgehead atoms. The first kappa shape index (κ1) is 25.7. The normalized spacial score (nSPS) is 17.7. The summed E-state index contributed by atoms with van der Waals surface area (Å²) in [6.07, 6.45) is 2.37. The Kier molecular flexibility index (Phi) is 8.07. The number of piperidine rings is 1. The highest BCUT2D eigenvalue weighted by Gasteiger charge is 2.34. The average Bonchev–Trinajstić information content (AvgIpc) is 2.80. The second kappa shape index (κ2) is 11.0. The summed E-state index contributed by atoms with van der Waals surface area (Å²) in [5.74, 6) is -1.26. The number of hydrogen-bond acceptors (Lipinski definition) is 6. The third kappa shape index (κ3) is 7.27. The lowest BCUT2D eigenvalue weighted by molar-refractivity contribution is -0.146. The van der Waals surface area contributed by atoms with E-state index in [0.717, 1.165) is 5.56 Å². The number of hydrogen-bond donors (Lipinski definition) is 2. The largest absolute Gasteiger partial charge is 0.444 e. The van der Waals surface area contributed by atoms with Crippen LogP contribution in [0.15, 0.2) is 42.6 Å². The second-order valence-electron chi connectivity index (χ2n) is 9.66. The van der Waals surface area contributed by atoms with E-state index in [1.165, 1.54) is 6.20 Å². The highest BCUT2D eigenvalue weighted by molar-refractivity contribution is 6.39. The zero-order valence-corrected chi connectivity index (χ0v) is 20.5. The summed E-state index contributed by atoms with van der Waals surface area (Å²) >= 11 is 0. The first-order valence-corrected chi connectivity index (χ1v) is 11.6. The molecule has 1 saturated heterocycles. The lowest BCUT2D eigenvalue weighted by Crippen LogP contribution is -2.50. The molecule has 2 heterocycles. The molecule has 1 fully saturated rings. The molecular formula is C26H31N5O4. The minimum atomic E-state index is -0.771. The van der Waals surface area contributed by atoms with Crippen LogP contribution in [0.2, 0.25) is 0 Å². The van der Waals surface area contributed by atoms with Crippen LogP contribution in [0, 0.1) is 24.2 Å². The summed E-state index contributed by atoms with van der Waals surface area (Å²) in [5.41, 5.74) is 1.33. The number of carbonyl (C=O) groups excluding carboxylic acids is 3. The Bertz CT molecular complexity index is 1120. The van der Waals surface area contributed by atoms with Crippen molar-refractivity contribution in [2.45, 2.75) is 58.6 Å². The summed E-state index contributed by atoms with van der Waals surface area (Å²) in [6, 6.07) is 13.4. The molecule has 0 aliphatic carbocycles. The molecule has 0 spiro atoms. The fourth-order valence-electron chi connectivity index (χ4n) is 4.00. The van der Waals surface area contributed by atoms with Crippen molar-refractivity contribution in [3.63, 3.8) is 0 Å². The number of aromatic nitrogens is 1. The number of amides is 3. The third-order valence-electron chi connectivity index (χ3n) is 5.62. The van der Waals surface area contributed by atoms with Gasteiger partial charge in [0.2, 0.25) is 0 Å². The first-order valence-electron chi connectivity index (χ1n) is 11.6. The molecule has 0 radical (unpaired) electrons. The van der Waals surface area contributed by atoms with Gasteiger partial charge < -0.3 is 15.0 Å². The van der Waals surface area contributed by atoms with Gasteiger partial charge in [-0.2, -0.15) is 5.26 Å². The maximum atomic E-state index is 13.1. The topological polar surface area (TPSA) is 124 Å². The lowest BCUT2D eigenvalue weighted by atomic mass is 9.88. The average molecular weight is 478 g/mol. The van der Waals surface area contributed by atoms with Crippen LogP contribution in [-0.2, 0) is 20.7 Å². The van der Waals surface area contributed by atoms with Gasteiger partial charge in [-0.1, -0.05) is 30.3 Å². The van der Waals surface area contributed by atoms with Gasteiger partial charge >= 0.3 is 17.9 Å². The molecule has 9 nitrogen and oxygen atoms in total. The molecule has 2 atom stereocenters. The first-order chi connectivity index (χ1) is 16.6. The molecule has 2 N–H and O–H groups in total. The van der Waals surface area contributed by atoms with Crippen molar-refractivity contribution in [3.05, 3.63) is 53.7 Å². The van der Waals surface area contributed by atoms with Gasteiger partial charge in [-0.3, -0.25) is 14.9 Å². The fraction of sp³-hybridized carbons (Fsp3) is 0.423. The zero-order chi connectivity index (χ0) is 25.6. The molecule has 1 aromatic carbocycles. The van der Waals surface area contributed by atoms with Gasteiger partial charge in [0.05, 0.1) is 18.0 Å². The van der Waals surface area contributed by atoms with E-state index < -0.39 is 23.5 Å². The minimum Gasteiger partial charge on any atom is -0.444 e. The molecule has 2 aromatic rings. The molecular weight excluding hydrogens is 446 g/mol. The molecule has 9 heteroatoms. The van der Waals surface area contributed by atoms with E-state index in [0.29, 0.717) is 42.9 Å². The third-order valence-corrected chi connectivity index (χ3v) is 5.62. The number of nitrogens with zero attached hydrogens (tertiary/aromatic N) is 3. The molecule has 0 saturated carbocycles. The quantitative estimate of drug-likeness (QED) is 0.640. The van der Waals surface area contributed by atoms with Crippen molar-refractivity contribution >= 4 is 29.4 Å². The van der Waals surface area contributed by atoms with Gasteiger partial charge in [-0.25, -0.2) is 9.78 Å². The van der Waals surface area contributed by atoms with Gasteiger partial charge in [0, 0.05) is 18.5 Å². The van der Waals surface area contributed by atoms with Gasteiger partial charge in [-0.15, -0.1) is 0 Å². The number of benzene rings is 1. The van der Waals surface area contributed by atoms with Crippen molar-refractivity contribution in [3.8, 4) is 6.07 Å². The van der Waals surface area contributed by atoms with Gasteiger partial charge in [0.1, 0.15) is 11.4 Å². The van der Waals surface area contributed by atoms with Crippen LogP contribution in [0.5, 0.6) is 0 Å². The molecule has 3 rings (SSSR count). The predicted octanol–water partition coefficient (Wildman–Crippen LogP) is 4.05. The maximum absolute atomic E-state index is 13.1. The monoisotopic (exact) mass is 477 g/mol. The summed E-state index contributed by atoms with van der Waals surface area (Å²) < 4.78 is 5.23. The Morgan fingerprint density at radius 1 is 1.20 bits per heavy atom. The van der Waals surface area contributed by atoms with E-state index in [1.807, 2.05) is 30.3 Å². The number of rotatable bonds is 4. The van der Waals surface area contributed by atoms with E-state index in [1.54, 1.807) is 38.7 Å². The van der Waals surface area contributed by atoms with Crippen molar-refractivity contribution in [2.75, 3.05) is 17.2 Å². The number of nitrogens with one attached hydrogen (secondary N) is 2. The van der Waals surface area contributed by atoms with E-state index >= 15 is 0 Å². The Morgan fingerprint density at radius 2 is 1.91 bits per heavy atom. The molecule has 1 aromatic heterocycles. The molecule has 1 aliphatic heterocycles. The number of likely N-dealkylation sites (tertiary alicyclic amines) is 1. The van der Waals surface area contributed by atoms with Crippen molar-refractivity contribution in [1.29, 1.82) is 5.26 Å². The number of pyridine rings is 1. The van der Waals surface area contributed by atoms with Crippen molar-refractivity contribution in [2.24, 2.45) is 5.92 Å². The number of nitriles is 1. The number of carbonyl (C=O) groups is 3. The van der Waals surface area contributed by atoms with E-state index in [9.17, 15) is 19.6 Å². The van der Waals surface area contributed by atoms with E-state index in [-0.39, 0.29) is 12.0 Å². The fourth-order valence-corrected chi connectivity index (χ4v) is 4.00. The Labute approximate surface area is 205 Å². The summed E-state index contributed by atoms with van der Waals surface area (Å²) in [5, 5.41) is 14.6. The van der Waals surface area contributed by atoms with Gasteiger partial charge in [0.25, 0.3) is 0 Å². The van der Waals surface area contributed by atoms with E-state index in [2.05, 4.69) is 21.7 Å². The molecule has 184 valence electrons. The zero-order valence-electron chi connectivity index (χ0n) is 20.5. The van der Waals surface area contributed by atoms with Gasteiger partial charge in [0.15, 0.2) is 0 Å². The van der Waals surface area contributed by atoms with E-state index in [4.69, 9.17) is 4.74 Å². The summed E-state index contributed by atoms with van der Waals surface area (Å²) in [6.45, 7) is 7.35. The SMILES string of the molecule is Cc1cc(NC(=O)C(=O)N2CC[C@H](C#N)CC2Cc2ccccc2)cnc1NC(=O)OC(C)(C)C. The van der Waals surface area contributed by atoms with Crippen LogP contribution < -0.4 is 10.6 Å². The Morgan fingerprint density at radius 3 is 2.54 bits per heavy atom. The van der Waals surface area contributed by atoms with Crippen LogP contribution in [0.4, 0.5) is 16.3 Å². The predicted molar refractivity (Wildman–Crippen MR) is 131 cm³/mol.